The molecule has 0 heterocycles. The molecule has 0 aliphatic heterocycles. The minimum absolute atomic E-state index is 0.271. The molecule has 2 aromatic rings. The topological polar surface area (TPSA) is 0 Å². The molecule has 2 aromatic carbocycles. The number of benzene rings is 2. The summed E-state index contributed by atoms with van der Waals surface area (Å²) in [5.41, 5.74) is 8.63. The van der Waals surface area contributed by atoms with Crippen LogP contribution in [0.15, 0.2) is 60.2 Å². The molecule has 0 amide bonds. The highest BCUT2D eigenvalue weighted by Crippen LogP contribution is 2.73. The molecule has 0 spiro atoms. The van der Waals surface area contributed by atoms with Crippen LogP contribution in [-0.4, -0.2) is 0 Å². The second kappa shape index (κ2) is 4.42. The van der Waals surface area contributed by atoms with Gasteiger partial charge in [-0.3, -0.25) is 0 Å². The van der Waals surface area contributed by atoms with Crippen molar-refractivity contribution in [1.29, 1.82) is 0 Å². The van der Waals surface area contributed by atoms with Gasteiger partial charge in [0.05, 0.1) is 0 Å². The summed E-state index contributed by atoms with van der Waals surface area (Å²) >= 11 is 0. The maximum Gasteiger partial charge on any atom is 0.0314 e. The first-order valence-corrected chi connectivity index (χ1v) is 9.33. The van der Waals surface area contributed by atoms with Crippen LogP contribution < -0.4 is 0 Å². The number of rotatable bonds is 1. The van der Waals surface area contributed by atoms with Gasteiger partial charge in [-0.2, -0.15) is 0 Å². The second-order valence-electron chi connectivity index (χ2n) is 9.15. The van der Waals surface area contributed by atoms with Crippen molar-refractivity contribution in [2.45, 2.75) is 40.0 Å². The maximum atomic E-state index is 2.50. The Balaban J connectivity index is 1.82. The quantitative estimate of drug-likeness (QED) is 0.580. The summed E-state index contributed by atoms with van der Waals surface area (Å²) in [6.45, 7) is 9.99. The molecule has 6 rings (SSSR count). The van der Waals surface area contributed by atoms with Crippen LogP contribution in [0.3, 0.4) is 0 Å². The molecule has 4 aliphatic carbocycles. The summed E-state index contributed by atoms with van der Waals surface area (Å²) in [4.78, 5) is 0. The zero-order chi connectivity index (χ0) is 16.7. The van der Waals surface area contributed by atoms with Gasteiger partial charge in [0.2, 0.25) is 0 Å². The number of hydrogen-bond donors (Lipinski definition) is 0. The first kappa shape index (κ1) is 14.5. The lowest BCUT2D eigenvalue weighted by Crippen LogP contribution is -2.56. The Labute approximate surface area is 145 Å². The predicted molar refractivity (Wildman–Crippen MR) is 101 cm³/mol. The van der Waals surface area contributed by atoms with E-state index in [1.165, 1.54) is 23.1 Å². The van der Waals surface area contributed by atoms with E-state index in [1.807, 2.05) is 0 Å². The van der Waals surface area contributed by atoms with E-state index in [0.29, 0.717) is 11.3 Å². The molecule has 2 bridgehead atoms. The molecule has 0 unspecified atom stereocenters. The Morgan fingerprint density at radius 2 is 1.50 bits per heavy atom. The van der Waals surface area contributed by atoms with Crippen LogP contribution >= 0.6 is 0 Å². The summed E-state index contributed by atoms with van der Waals surface area (Å²) in [5.74, 6) is 2.00. The Morgan fingerprint density at radius 1 is 0.833 bits per heavy atom. The molecule has 0 saturated heterocycles. The third-order valence-electron chi connectivity index (χ3n) is 7.43. The highest BCUT2D eigenvalue weighted by Gasteiger charge is 2.63. The fraction of sp³-hybridized carbons (Fsp3) is 0.417. The summed E-state index contributed by atoms with van der Waals surface area (Å²) in [7, 11) is 0. The van der Waals surface area contributed by atoms with Crippen LogP contribution in [0.4, 0.5) is 0 Å². The van der Waals surface area contributed by atoms with E-state index < -0.39 is 0 Å². The van der Waals surface area contributed by atoms with Gasteiger partial charge in [0.15, 0.2) is 0 Å². The number of allylic oxidation sites excluding steroid dienone is 2. The molecule has 0 heteroatoms. The van der Waals surface area contributed by atoms with Gasteiger partial charge in [0, 0.05) is 5.92 Å². The van der Waals surface area contributed by atoms with Gasteiger partial charge in [0.1, 0.15) is 0 Å². The van der Waals surface area contributed by atoms with E-state index in [4.69, 9.17) is 0 Å². The van der Waals surface area contributed by atoms with Crippen molar-refractivity contribution >= 4 is 5.57 Å². The molecule has 0 radical (unpaired) electrons. The molecule has 4 aliphatic rings. The van der Waals surface area contributed by atoms with Crippen LogP contribution in [0.5, 0.6) is 0 Å². The van der Waals surface area contributed by atoms with Gasteiger partial charge in [-0.25, -0.2) is 0 Å². The smallest absolute Gasteiger partial charge is 0.0314 e. The van der Waals surface area contributed by atoms with Gasteiger partial charge in [-0.05, 0) is 51.4 Å². The van der Waals surface area contributed by atoms with E-state index in [1.54, 1.807) is 11.1 Å². The summed E-state index contributed by atoms with van der Waals surface area (Å²) in [5, 5.41) is 0. The molecule has 3 atom stereocenters. The van der Waals surface area contributed by atoms with Crippen LogP contribution in [0.2, 0.25) is 0 Å². The van der Waals surface area contributed by atoms with Crippen LogP contribution in [-0.2, 0) is 0 Å². The summed E-state index contributed by atoms with van der Waals surface area (Å²) in [6, 6.07) is 20.3. The van der Waals surface area contributed by atoms with E-state index in [2.05, 4.69) is 82.3 Å². The van der Waals surface area contributed by atoms with E-state index >= 15 is 0 Å². The van der Waals surface area contributed by atoms with E-state index in [-0.39, 0.29) is 5.41 Å². The Morgan fingerprint density at radius 3 is 2.21 bits per heavy atom. The first-order valence-electron chi connectivity index (χ1n) is 9.33. The average Bonchev–Trinajstić information content (AvgIpc) is 2.90. The van der Waals surface area contributed by atoms with Crippen molar-refractivity contribution in [3.63, 3.8) is 0 Å². The summed E-state index contributed by atoms with van der Waals surface area (Å²) in [6.07, 6.45) is 1.37. The van der Waals surface area contributed by atoms with Crippen molar-refractivity contribution < 1.29 is 0 Å². The summed E-state index contributed by atoms with van der Waals surface area (Å²) < 4.78 is 0. The van der Waals surface area contributed by atoms with Crippen molar-refractivity contribution in [3.8, 4) is 0 Å². The molecule has 0 N–H and O–H groups in total. The zero-order valence-corrected chi connectivity index (χ0v) is 15.1. The van der Waals surface area contributed by atoms with Crippen LogP contribution in [0.25, 0.3) is 5.57 Å². The lowest BCUT2D eigenvalue weighted by molar-refractivity contribution is -0.0663. The van der Waals surface area contributed by atoms with Gasteiger partial charge in [-0.15, -0.1) is 0 Å². The van der Waals surface area contributed by atoms with Crippen molar-refractivity contribution in [1.82, 2.24) is 0 Å². The average molecular weight is 314 g/mol. The minimum Gasteiger partial charge on any atom is -0.0622 e. The molecule has 1 fully saturated rings. The first-order chi connectivity index (χ1) is 11.4. The largest absolute Gasteiger partial charge is 0.0622 e. The van der Waals surface area contributed by atoms with Crippen molar-refractivity contribution in [2.24, 2.45) is 22.7 Å². The van der Waals surface area contributed by atoms with Gasteiger partial charge >= 0.3 is 0 Å². The van der Waals surface area contributed by atoms with Crippen LogP contribution in [0.1, 0.15) is 56.7 Å². The van der Waals surface area contributed by atoms with Crippen molar-refractivity contribution in [3.05, 3.63) is 76.9 Å². The third-order valence-corrected chi connectivity index (χ3v) is 7.43. The third kappa shape index (κ3) is 1.55. The normalized spacial score (nSPS) is 31.2. The molecule has 0 aromatic heterocycles. The van der Waals surface area contributed by atoms with E-state index in [9.17, 15) is 0 Å². The number of hydrogen-bond acceptors (Lipinski definition) is 0. The van der Waals surface area contributed by atoms with Gasteiger partial charge < -0.3 is 0 Å². The van der Waals surface area contributed by atoms with Gasteiger partial charge in [-0.1, -0.05) is 87.9 Å². The highest BCUT2D eigenvalue weighted by molar-refractivity contribution is 5.85. The number of fused-ring (bicyclic) bond motifs is 1. The van der Waals surface area contributed by atoms with Crippen LogP contribution in [0, 0.1) is 22.7 Å². The minimum atomic E-state index is 0.271. The lowest BCUT2D eigenvalue weighted by atomic mass is 9.39. The fourth-order valence-electron chi connectivity index (χ4n) is 6.40. The van der Waals surface area contributed by atoms with Crippen molar-refractivity contribution in [2.75, 3.05) is 0 Å². The maximum absolute atomic E-state index is 2.50. The van der Waals surface area contributed by atoms with E-state index in [0.717, 1.165) is 11.8 Å². The lowest BCUT2D eigenvalue weighted by Gasteiger charge is -2.64. The molecule has 1 saturated carbocycles. The second-order valence-corrected chi connectivity index (χ2v) is 9.15. The Kier molecular flexibility index (Phi) is 2.67. The molecule has 0 nitrogen and oxygen atoms in total. The standard InChI is InChI=1S/C24H26/c1-23(2)18-14-19(23)24(3,4)22-17-13-9-8-12-16(17)20(21(18)22)15-10-6-5-7-11-15/h5-13,18-20H,14H2,1-4H3/t18-,19-,20-/m1/s1. The zero-order valence-electron chi connectivity index (χ0n) is 15.1. The molecular formula is C24H26. The highest BCUT2D eigenvalue weighted by atomic mass is 14.7. The Bertz CT molecular complexity index is 851. The van der Waals surface area contributed by atoms with Gasteiger partial charge in [0.25, 0.3) is 0 Å². The fourth-order valence-corrected chi connectivity index (χ4v) is 6.40. The Hall–Kier alpha value is -1.82. The monoisotopic (exact) mass is 314 g/mol. The molecular weight excluding hydrogens is 288 g/mol. The molecule has 122 valence electrons. The predicted octanol–water partition coefficient (Wildman–Crippen LogP) is 6.29. The SMILES string of the molecule is CC1(C)C2=C([C@H](c3ccccc3)c3ccccc32)[C@H]2C[C@@H]1C2(C)C. The molecule has 24 heavy (non-hydrogen) atoms.